The van der Waals surface area contributed by atoms with Crippen molar-refractivity contribution in [3.63, 3.8) is 0 Å². The zero-order valence-corrected chi connectivity index (χ0v) is 15.5. The number of tetrazole rings is 1. The van der Waals surface area contributed by atoms with Crippen LogP contribution < -0.4 is 10.2 Å². The first-order chi connectivity index (χ1) is 13.1. The number of hydrogen-bond donors (Lipinski definition) is 1. The summed E-state index contributed by atoms with van der Waals surface area (Å²) in [7, 11) is 1.55. The molecule has 0 aliphatic rings. The van der Waals surface area contributed by atoms with Crippen LogP contribution in [0.15, 0.2) is 53.6 Å². The Hall–Kier alpha value is -3.26. The first-order valence-electron chi connectivity index (χ1n) is 8.07. The van der Waals surface area contributed by atoms with Crippen LogP contribution in [0.1, 0.15) is 12.5 Å². The zero-order valence-electron chi connectivity index (χ0n) is 14.8. The van der Waals surface area contributed by atoms with Gasteiger partial charge in [0.25, 0.3) is 5.91 Å². The molecule has 0 spiro atoms. The van der Waals surface area contributed by atoms with Crippen molar-refractivity contribution >= 4 is 23.2 Å². The second-order valence-electron chi connectivity index (χ2n) is 5.59. The van der Waals surface area contributed by atoms with Gasteiger partial charge < -0.3 is 4.74 Å². The molecule has 3 aromatic rings. The fraction of sp³-hybridized carbons (Fsp3) is 0.167. The SMILES string of the molecule is COc1ccc(Cl)cc1/C(C)=N\NC(=O)Cn1nnc(-c2ccccc2)n1. The number of carbonyl (C=O) groups excluding carboxylic acids is 1. The van der Waals surface area contributed by atoms with Gasteiger partial charge in [0.05, 0.1) is 12.8 Å². The number of amides is 1. The highest BCUT2D eigenvalue weighted by Crippen LogP contribution is 2.23. The lowest BCUT2D eigenvalue weighted by atomic mass is 10.1. The maximum Gasteiger partial charge on any atom is 0.263 e. The average Bonchev–Trinajstić information content (AvgIpc) is 3.15. The lowest BCUT2D eigenvalue weighted by Crippen LogP contribution is -2.25. The number of rotatable bonds is 6. The quantitative estimate of drug-likeness (QED) is 0.520. The highest BCUT2D eigenvalue weighted by atomic mass is 35.5. The van der Waals surface area contributed by atoms with Crippen molar-refractivity contribution in [1.29, 1.82) is 0 Å². The Balaban J connectivity index is 1.65. The molecule has 0 aliphatic carbocycles. The summed E-state index contributed by atoms with van der Waals surface area (Å²) < 4.78 is 5.28. The fourth-order valence-corrected chi connectivity index (χ4v) is 2.52. The molecule has 3 rings (SSSR count). The maximum atomic E-state index is 12.1. The maximum absolute atomic E-state index is 12.1. The first kappa shape index (κ1) is 18.5. The van der Waals surface area contributed by atoms with E-state index >= 15 is 0 Å². The minimum atomic E-state index is -0.382. The molecular formula is C18H17ClN6O2. The Morgan fingerprint density at radius 1 is 1.26 bits per heavy atom. The van der Waals surface area contributed by atoms with Crippen LogP contribution >= 0.6 is 11.6 Å². The molecule has 1 aromatic heterocycles. The van der Waals surface area contributed by atoms with Gasteiger partial charge in [0.1, 0.15) is 12.3 Å². The summed E-state index contributed by atoms with van der Waals surface area (Å²) in [6, 6.07) is 14.6. The number of nitrogens with zero attached hydrogens (tertiary/aromatic N) is 5. The summed E-state index contributed by atoms with van der Waals surface area (Å²) in [5, 5.41) is 16.7. The van der Waals surface area contributed by atoms with Gasteiger partial charge in [-0.3, -0.25) is 4.79 Å². The van der Waals surface area contributed by atoms with Gasteiger partial charge in [0, 0.05) is 16.1 Å². The van der Waals surface area contributed by atoms with Gasteiger partial charge in [-0.05, 0) is 30.3 Å². The number of methoxy groups -OCH3 is 1. The van der Waals surface area contributed by atoms with Crippen molar-refractivity contribution in [2.45, 2.75) is 13.5 Å². The predicted octanol–water partition coefficient (Wildman–Crippen LogP) is 2.54. The molecule has 138 valence electrons. The third-order valence-electron chi connectivity index (χ3n) is 3.67. The van der Waals surface area contributed by atoms with E-state index in [0.717, 1.165) is 5.56 Å². The van der Waals surface area contributed by atoms with Gasteiger partial charge in [-0.2, -0.15) is 9.90 Å². The molecule has 1 amide bonds. The molecule has 27 heavy (non-hydrogen) atoms. The molecule has 0 aliphatic heterocycles. The van der Waals surface area contributed by atoms with E-state index in [-0.39, 0.29) is 12.5 Å². The first-order valence-corrected chi connectivity index (χ1v) is 8.45. The summed E-state index contributed by atoms with van der Waals surface area (Å²) in [6.07, 6.45) is 0. The summed E-state index contributed by atoms with van der Waals surface area (Å²) in [5.41, 5.74) is 4.54. The molecule has 2 aromatic carbocycles. The number of ether oxygens (including phenoxy) is 1. The Morgan fingerprint density at radius 2 is 2.04 bits per heavy atom. The number of nitrogens with one attached hydrogen (secondary N) is 1. The van der Waals surface area contributed by atoms with Gasteiger partial charge in [-0.25, -0.2) is 5.43 Å². The van der Waals surface area contributed by atoms with E-state index in [2.05, 4.69) is 25.9 Å². The largest absolute Gasteiger partial charge is 0.496 e. The van der Waals surface area contributed by atoms with E-state index in [4.69, 9.17) is 16.3 Å². The van der Waals surface area contributed by atoms with Crippen LogP contribution in [-0.4, -0.2) is 38.9 Å². The van der Waals surface area contributed by atoms with Crippen molar-refractivity contribution in [1.82, 2.24) is 25.6 Å². The lowest BCUT2D eigenvalue weighted by Gasteiger charge is -2.08. The van der Waals surface area contributed by atoms with Crippen molar-refractivity contribution < 1.29 is 9.53 Å². The fourth-order valence-electron chi connectivity index (χ4n) is 2.35. The Kier molecular flexibility index (Phi) is 5.77. The van der Waals surface area contributed by atoms with Crippen LogP contribution in [0, 0.1) is 0 Å². The van der Waals surface area contributed by atoms with Gasteiger partial charge in [-0.15, -0.1) is 10.2 Å². The average molecular weight is 385 g/mol. The molecule has 0 saturated carbocycles. The topological polar surface area (TPSA) is 94.3 Å². The highest BCUT2D eigenvalue weighted by molar-refractivity contribution is 6.31. The Morgan fingerprint density at radius 3 is 2.78 bits per heavy atom. The van der Waals surface area contributed by atoms with E-state index in [0.29, 0.717) is 27.9 Å². The number of hydrogen-bond acceptors (Lipinski definition) is 6. The molecule has 8 nitrogen and oxygen atoms in total. The minimum absolute atomic E-state index is 0.108. The molecule has 0 bridgehead atoms. The molecule has 0 saturated heterocycles. The molecule has 0 atom stereocenters. The zero-order chi connectivity index (χ0) is 19.2. The van der Waals surface area contributed by atoms with Crippen molar-refractivity contribution in [3.8, 4) is 17.1 Å². The molecule has 0 unspecified atom stereocenters. The van der Waals surface area contributed by atoms with Crippen LogP contribution in [0.2, 0.25) is 5.02 Å². The van der Waals surface area contributed by atoms with Gasteiger partial charge in [0.15, 0.2) is 0 Å². The van der Waals surface area contributed by atoms with Crippen LogP contribution in [-0.2, 0) is 11.3 Å². The number of benzene rings is 2. The summed E-state index contributed by atoms with van der Waals surface area (Å²) in [4.78, 5) is 13.3. The van der Waals surface area contributed by atoms with E-state index < -0.39 is 0 Å². The smallest absolute Gasteiger partial charge is 0.263 e. The highest BCUT2D eigenvalue weighted by Gasteiger charge is 2.10. The van der Waals surface area contributed by atoms with Crippen LogP contribution in [0.4, 0.5) is 0 Å². The third kappa shape index (κ3) is 4.68. The van der Waals surface area contributed by atoms with E-state index in [9.17, 15) is 4.79 Å². The van der Waals surface area contributed by atoms with E-state index in [1.807, 2.05) is 30.3 Å². The predicted molar refractivity (Wildman–Crippen MR) is 102 cm³/mol. The molecule has 0 radical (unpaired) electrons. The lowest BCUT2D eigenvalue weighted by molar-refractivity contribution is -0.122. The second kappa shape index (κ2) is 8.41. The molecule has 1 N–H and O–H groups in total. The van der Waals surface area contributed by atoms with Gasteiger partial charge >= 0.3 is 0 Å². The van der Waals surface area contributed by atoms with Crippen LogP contribution in [0.25, 0.3) is 11.4 Å². The van der Waals surface area contributed by atoms with Crippen LogP contribution in [0.5, 0.6) is 5.75 Å². The standard InChI is InChI=1S/C18H17ClN6O2/c1-12(15-10-14(19)8-9-16(15)27-2)20-21-17(26)11-25-23-18(22-24-25)13-6-4-3-5-7-13/h3-10H,11H2,1-2H3,(H,21,26)/b20-12-. The Labute approximate surface area is 160 Å². The molecule has 9 heteroatoms. The van der Waals surface area contributed by atoms with Crippen molar-refractivity contribution in [2.24, 2.45) is 5.10 Å². The van der Waals surface area contributed by atoms with Gasteiger partial charge in [0.2, 0.25) is 5.82 Å². The third-order valence-corrected chi connectivity index (χ3v) is 3.90. The summed E-state index contributed by atoms with van der Waals surface area (Å²) in [5.74, 6) is 0.680. The van der Waals surface area contributed by atoms with E-state index in [1.54, 1.807) is 32.2 Å². The number of halogens is 1. The number of aromatic nitrogens is 4. The summed E-state index contributed by atoms with van der Waals surface area (Å²) >= 11 is 6.02. The summed E-state index contributed by atoms with van der Waals surface area (Å²) in [6.45, 7) is 1.64. The second-order valence-corrected chi connectivity index (χ2v) is 6.02. The minimum Gasteiger partial charge on any atom is -0.496 e. The normalized spacial score (nSPS) is 11.3. The molecule has 0 fully saturated rings. The van der Waals surface area contributed by atoms with Crippen molar-refractivity contribution in [2.75, 3.05) is 7.11 Å². The number of carbonyl (C=O) groups is 1. The van der Waals surface area contributed by atoms with Crippen LogP contribution in [0.3, 0.4) is 0 Å². The van der Waals surface area contributed by atoms with E-state index in [1.165, 1.54) is 4.80 Å². The molecule has 1 heterocycles. The monoisotopic (exact) mass is 384 g/mol. The molecular weight excluding hydrogens is 368 g/mol. The number of hydrazone groups is 1. The Bertz CT molecular complexity index is 971. The van der Waals surface area contributed by atoms with Gasteiger partial charge in [-0.1, -0.05) is 41.9 Å². The van der Waals surface area contributed by atoms with Crippen molar-refractivity contribution in [3.05, 3.63) is 59.1 Å².